The van der Waals surface area contributed by atoms with Gasteiger partial charge in [0.15, 0.2) is 5.69 Å². The Hall–Kier alpha value is -1.95. The van der Waals surface area contributed by atoms with Crippen molar-refractivity contribution >= 4 is 23.3 Å². The molecule has 0 saturated carbocycles. The van der Waals surface area contributed by atoms with Gasteiger partial charge < -0.3 is 10.1 Å². The molecule has 0 amide bonds. The van der Waals surface area contributed by atoms with E-state index in [2.05, 4.69) is 15.3 Å². The van der Waals surface area contributed by atoms with Gasteiger partial charge in [0.2, 0.25) is 5.95 Å². The summed E-state index contributed by atoms with van der Waals surface area (Å²) in [5, 5.41) is 5.08. The molecule has 2 aromatic heterocycles. The maximum Gasteiger partial charge on any atom is 0.357 e. The van der Waals surface area contributed by atoms with Crippen LogP contribution in [0.15, 0.2) is 29.8 Å². The molecule has 0 spiro atoms. The molecule has 2 aromatic rings. The van der Waals surface area contributed by atoms with Crippen LogP contribution in [-0.4, -0.2) is 22.0 Å². The summed E-state index contributed by atoms with van der Waals surface area (Å²) in [4.78, 5) is 21.1. The number of carbonyl (C=O) groups excluding carboxylic acids is 1. The summed E-state index contributed by atoms with van der Waals surface area (Å²) in [6.07, 6.45) is 1.38. The molecule has 6 heteroatoms. The predicted octanol–water partition coefficient (Wildman–Crippen LogP) is 2.72. The Labute approximate surface area is 115 Å². The van der Waals surface area contributed by atoms with Crippen LogP contribution in [-0.2, 0) is 11.3 Å². The molecule has 100 valence electrons. The van der Waals surface area contributed by atoms with Crippen LogP contribution < -0.4 is 5.32 Å². The first kappa shape index (κ1) is 13.5. The third-order valence-electron chi connectivity index (χ3n) is 2.21. The summed E-state index contributed by atoms with van der Waals surface area (Å²) in [5.74, 6) is -0.0109. The highest BCUT2D eigenvalue weighted by Crippen LogP contribution is 2.10. The number of anilines is 1. The first-order valence-electron chi connectivity index (χ1n) is 5.95. The van der Waals surface area contributed by atoms with Crippen LogP contribution in [0.25, 0.3) is 0 Å². The topological polar surface area (TPSA) is 64.1 Å². The molecule has 0 aromatic carbocycles. The SMILES string of the molecule is CC(C)OC(=O)c1ccnc(NCc2cccs2)n1. The van der Waals surface area contributed by atoms with Gasteiger partial charge in [-0.15, -0.1) is 11.3 Å². The van der Waals surface area contributed by atoms with Crippen molar-refractivity contribution in [3.63, 3.8) is 0 Å². The van der Waals surface area contributed by atoms with Gasteiger partial charge in [0.05, 0.1) is 12.6 Å². The predicted molar refractivity (Wildman–Crippen MR) is 74.2 cm³/mol. The largest absolute Gasteiger partial charge is 0.458 e. The summed E-state index contributed by atoms with van der Waals surface area (Å²) in [7, 11) is 0. The molecule has 5 nitrogen and oxygen atoms in total. The van der Waals surface area contributed by atoms with E-state index in [1.54, 1.807) is 37.4 Å². The number of esters is 1. The van der Waals surface area contributed by atoms with E-state index in [4.69, 9.17) is 4.74 Å². The number of hydrogen-bond acceptors (Lipinski definition) is 6. The molecule has 0 bridgehead atoms. The van der Waals surface area contributed by atoms with Crippen LogP contribution in [0.2, 0.25) is 0 Å². The molecule has 2 heterocycles. The summed E-state index contributed by atoms with van der Waals surface area (Å²) >= 11 is 1.65. The third kappa shape index (κ3) is 4.03. The van der Waals surface area contributed by atoms with Gasteiger partial charge in [-0.25, -0.2) is 14.8 Å². The van der Waals surface area contributed by atoms with Crippen molar-refractivity contribution in [2.24, 2.45) is 0 Å². The fourth-order valence-corrected chi connectivity index (χ4v) is 2.06. The number of thiophene rings is 1. The van der Waals surface area contributed by atoms with Crippen molar-refractivity contribution in [1.82, 2.24) is 9.97 Å². The standard InChI is InChI=1S/C13H15N3O2S/c1-9(2)18-12(17)11-5-6-14-13(16-11)15-8-10-4-3-7-19-10/h3-7,9H,8H2,1-2H3,(H,14,15,16). The van der Waals surface area contributed by atoms with Crippen molar-refractivity contribution in [3.8, 4) is 0 Å². The maximum atomic E-state index is 11.7. The van der Waals surface area contributed by atoms with Gasteiger partial charge in [-0.1, -0.05) is 6.07 Å². The van der Waals surface area contributed by atoms with Crippen molar-refractivity contribution in [2.75, 3.05) is 5.32 Å². The zero-order valence-electron chi connectivity index (χ0n) is 10.8. The summed E-state index contributed by atoms with van der Waals surface area (Å²) < 4.78 is 5.09. The Kier molecular flexibility index (Phi) is 4.46. The smallest absolute Gasteiger partial charge is 0.357 e. The lowest BCUT2D eigenvalue weighted by Crippen LogP contribution is -2.14. The lowest BCUT2D eigenvalue weighted by molar-refractivity contribution is 0.0371. The minimum absolute atomic E-state index is 0.162. The van der Waals surface area contributed by atoms with E-state index in [1.807, 2.05) is 17.5 Å². The van der Waals surface area contributed by atoms with E-state index >= 15 is 0 Å². The number of ether oxygens (including phenoxy) is 1. The Balaban J connectivity index is 2.00. The normalized spacial score (nSPS) is 10.5. The first-order valence-corrected chi connectivity index (χ1v) is 6.83. The first-order chi connectivity index (χ1) is 9.15. The van der Waals surface area contributed by atoms with Crippen molar-refractivity contribution in [1.29, 1.82) is 0 Å². The summed E-state index contributed by atoms with van der Waals surface area (Å²) in [5.41, 5.74) is 0.261. The second-order valence-corrected chi connectivity index (χ2v) is 5.18. The molecule has 1 N–H and O–H groups in total. The third-order valence-corrected chi connectivity index (χ3v) is 3.08. The van der Waals surface area contributed by atoms with Gasteiger partial charge in [0.1, 0.15) is 0 Å². The second-order valence-electron chi connectivity index (χ2n) is 4.15. The fraction of sp³-hybridized carbons (Fsp3) is 0.308. The molecule has 19 heavy (non-hydrogen) atoms. The van der Waals surface area contributed by atoms with E-state index in [0.29, 0.717) is 12.5 Å². The van der Waals surface area contributed by atoms with Gasteiger partial charge in [-0.05, 0) is 31.4 Å². The number of nitrogens with zero attached hydrogens (tertiary/aromatic N) is 2. The van der Waals surface area contributed by atoms with Gasteiger partial charge in [0, 0.05) is 11.1 Å². The molecule has 0 fully saturated rings. The van der Waals surface area contributed by atoms with E-state index in [0.717, 1.165) is 0 Å². The van der Waals surface area contributed by atoms with Crippen molar-refractivity contribution in [2.45, 2.75) is 26.5 Å². The molecule has 0 unspecified atom stereocenters. The lowest BCUT2D eigenvalue weighted by Gasteiger charge is -2.08. The number of aromatic nitrogens is 2. The van der Waals surface area contributed by atoms with Gasteiger partial charge in [-0.3, -0.25) is 0 Å². The Bertz CT molecular complexity index is 541. The Morgan fingerprint density at radius 3 is 3.00 bits per heavy atom. The molecule has 0 aliphatic rings. The van der Waals surface area contributed by atoms with Crippen LogP contribution in [0.1, 0.15) is 29.2 Å². The van der Waals surface area contributed by atoms with Gasteiger partial charge >= 0.3 is 5.97 Å². The van der Waals surface area contributed by atoms with Crippen LogP contribution in [0.4, 0.5) is 5.95 Å². The number of hydrogen-bond donors (Lipinski definition) is 1. The van der Waals surface area contributed by atoms with Crippen LogP contribution in [0, 0.1) is 0 Å². The number of rotatable bonds is 5. The number of nitrogens with one attached hydrogen (secondary N) is 1. The zero-order chi connectivity index (χ0) is 13.7. The molecule has 0 aliphatic carbocycles. The monoisotopic (exact) mass is 277 g/mol. The summed E-state index contributed by atoms with van der Waals surface area (Å²) in [6.45, 7) is 4.24. The molecule has 0 saturated heterocycles. The Morgan fingerprint density at radius 2 is 2.32 bits per heavy atom. The minimum Gasteiger partial charge on any atom is -0.458 e. The maximum absolute atomic E-state index is 11.7. The zero-order valence-corrected chi connectivity index (χ0v) is 11.6. The van der Waals surface area contributed by atoms with E-state index in [9.17, 15) is 4.79 Å². The highest BCUT2D eigenvalue weighted by atomic mass is 32.1. The molecule has 0 atom stereocenters. The van der Waals surface area contributed by atoms with Crippen LogP contribution in [0.5, 0.6) is 0 Å². The van der Waals surface area contributed by atoms with E-state index in [-0.39, 0.29) is 11.8 Å². The van der Waals surface area contributed by atoms with Gasteiger partial charge in [0.25, 0.3) is 0 Å². The average Bonchev–Trinajstić information content (AvgIpc) is 2.89. The molecule has 2 rings (SSSR count). The van der Waals surface area contributed by atoms with Crippen molar-refractivity contribution < 1.29 is 9.53 Å². The Morgan fingerprint density at radius 1 is 1.47 bits per heavy atom. The van der Waals surface area contributed by atoms with E-state index < -0.39 is 5.97 Å². The minimum atomic E-state index is -0.434. The highest BCUT2D eigenvalue weighted by Gasteiger charge is 2.11. The lowest BCUT2D eigenvalue weighted by atomic mass is 10.4. The van der Waals surface area contributed by atoms with Crippen LogP contribution >= 0.6 is 11.3 Å². The van der Waals surface area contributed by atoms with E-state index in [1.165, 1.54) is 4.88 Å². The second kappa shape index (κ2) is 6.29. The highest BCUT2D eigenvalue weighted by molar-refractivity contribution is 7.09. The van der Waals surface area contributed by atoms with Crippen molar-refractivity contribution in [3.05, 3.63) is 40.3 Å². The summed E-state index contributed by atoms with van der Waals surface area (Å²) in [6, 6.07) is 5.55. The fourth-order valence-electron chi connectivity index (χ4n) is 1.41. The van der Waals surface area contributed by atoms with Gasteiger partial charge in [-0.2, -0.15) is 0 Å². The molecular weight excluding hydrogens is 262 g/mol. The average molecular weight is 277 g/mol. The van der Waals surface area contributed by atoms with Crippen LogP contribution in [0.3, 0.4) is 0 Å². The molecule has 0 aliphatic heterocycles. The molecular formula is C13H15N3O2S. The number of carbonyl (C=O) groups is 1. The quantitative estimate of drug-likeness (QED) is 0.851. The molecule has 0 radical (unpaired) electrons.